The minimum Gasteiger partial charge on any atom is -0.369 e. The Labute approximate surface area is 171 Å². The van der Waals surface area contributed by atoms with E-state index in [-0.39, 0.29) is 6.04 Å². The number of nitrogens with zero attached hydrogens (tertiary/aromatic N) is 2. The number of aryl methyl sites for hydroxylation is 1. The van der Waals surface area contributed by atoms with E-state index in [1.807, 2.05) is 0 Å². The third-order valence-electron chi connectivity index (χ3n) is 6.20. The lowest BCUT2D eigenvalue weighted by atomic mass is 9.84. The second-order valence-corrected chi connectivity index (χ2v) is 8.53. The van der Waals surface area contributed by atoms with E-state index in [1.54, 1.807) is 0 Å². The number of amides is 1. The molecule has 1 aromatic rings. The molecule has 1 aromatic carbocycles. The Bertz CT molecular complexity index is 646. The highest BCUT2D eigenvalue weighted by Gasteiger charge is 2.32. The van der Waals surface area contributed by atoms with Crippen molar-refractivity contribution in [1.82, 2.24) is 10.2 Å². The molecule has 162 valence electrons. The zero-order valence-electron chi connectivity index (χ0n) is 17.2. The molecular formula is C22H32F3N3O. The molecule has 0 unspecified atom stereocenters. The first-order valence-corrected chi connectivity index (χ1v) is 10.7. The van der Waals surface area contributed by atoms with Gasteiger partial charge in [-0.15, -0.1) is 0 Å². The van der Waals surface area contributed by atoms with Gasteiger partial charge in [-0.25, -0.2) is 0 Å². The van der Waals surface area contributed by atoms with Crippen molar-refractivity contribution < 1.29 is 18.0 Å². The molecule has 1 saturated carbocycles. The minimum atomic E-state index is -4.43. The predicted molar refractivity (Wildman–Crippen MR) is 109 cm³/mol. The number of piperazine rings is 1. The summed E-state index contributed by atoms with van der Waals surface area (Å²) in [6.45, 7) is 7.40. The zero-order valence-corrected chi connectivity index (χ0v) is 17.2. The molecule has 4 nitrogen and oxygen atoms in total. The van der Waals surface area contributed by atoms with E-state index in [2.05, 4.69) is 46.3 Å². The number of halogens is 3. The number of hydrogen-bond donors (Lipinski definition) is 1. The highest BCUT2D eigenvalue weighted by Crippen LogP contribution is 2.28. The molecule has 0 bridgehead atoms. The molecule has 1 N–H and O–H groups in total. The molecule has 2 fully saturated rings. The first-order valence-electron chi connectivity index (χ1n) is 10.7. The maximum atomic E-state index is 12.3. The van der Waals surface area contributed by atoms with Gasteiger partial charge in [0.25, 0.3) is 0 Å². The summed E-state index contributed by atoms with van der Waals surface area (Å²) < 4.78 is 36.8. The van der Waals surface area contributed by atoms with Crippen LogP contribution in [0.2, 0.25) is 0 Å². The number of rotatable bonds is 6. The third kappa shape index (κ3) is 7.21. The van der Waals surface area contributed by atoms with Crippen LogP contribution in [0.3, 0.4) is 0 Å². The van der Waals surface area contributed by atoms with Crippen molar-refractivity contribution in [1.29, 1.82) is 0 Å². The van der Waals surface area contributed by atoms with E-state index in [0.29, 0.717) is 5.92 Å². The van der Waals surface area contributed by atoms with Crippen LogP contribution in [0.1, 0.15) is 44.1 Å². The average molecular weight is 412 g/mol. The summed E-state index contributed by atoms with van der Waals surface area (Å²) in [6, 6.07) is 8.60. The lowest BCUT2D eigenvalue weighted by Gasteiger charge is -2.37. The number of carbonyl (C=O) groups excluding carboxylic acids is 1. The van der Waals surface area contributed by atoms with Crippen molar-refractivity contribution >= 4 is 11.6 Å². The number of carbonyl (C=O) groups is 1. The van der Waals surface area contributed by atoms with Gasteiger partial charge in [-0.1, -0.05) is 17.7 Å². The number of benzene rings is 1. The molecule has 0 spiro atoms. The Balaban J connectivity index is 1.31. The van der Waals surface area contributed by atoms with E-state index in [1.165, 1.54) is 11.3 Å². The molecule has 0 radical (unpaired) electrons. The lowest BCUT2D eigenvalue weighted by molar-refractivity contribution is -0.154. The van der Waals surface area contributed by atoms with E-state index >= 15 is 0 Å². The van der Waals surface area contributed by atoms with Crippen molar-refractivity contribution in [2.75, 3.05) is 37.6 Å². The first kappa shape index (κ1) is 21.9. The second-order valence-electron chi connectivity index (χ2n) is 8.53. The monoisotopic (exact) mass is 411 g/mol. The topological polar surface area (TPSA) is 35.6 Å². The summed E-state index contributed by atoms with van der Waals surface area (Å²) in [5.74, 6) is -0.284. The fourth-order valence-corrected chi connectivity index (χ4v) is 4.41. The van der Waals surface area contributed by atoms with Crippen LogP contribution in [0.15, 0.2) is 24.3 Å². The quantitative estimate of drug-likeness (QED) is 0.764. The van der Waals surface area contributed by atoms with E-state index in [0.717, 1.165) is 64.8 Å². The molecular weight excluding hydrogens is 379 g/mol. The van der Waals surface area contributed by atoms with Gasteiger partial charge >= 0.3 is 6.18 Å². The molecule has 7 heteroatoms. The van der Waals surface area contributed by atoms with Gasteiger partial charge in [-0.05, 0) is 63.6 Å². The Morgan fingerprint density at radius 3 is 2.24 bits per heavy atom. The number of alkyl halides is 3. The summed E-state index contributed by atoms with van der Waals surface area (Å²) in [5, 5.41) is 2.55. The van der Waals surface area contributed by atoms with Crippen LogP contribution in [0.25, 0.3) is 0 Å². The van der Waals surface area contributed by atoms with Gasteiger partial charge < -0.3 is 10.2 Å². The van der Waals surface area contributed by atoms with Gasteiger partial charge in [0, 0.05) is 37.9 Å². The third-order valence-corrected chi connectivity index (χ3v) is 6.20. The summed E-state index contributed by atoms with van der Waals surface area (Å²) in [4.78, 5) is 16.4. The zero-order chi connectivity index (χ0) is 20.9. The summed E-state index contributed by atoms with van der Waals surface area (Å²) in [7, 11) is 0. The van der Waals surface area contributed by atoms with E-state index < -0.39 is 18.5 Å². The molecule has 1 saturated heterocycles. The molecule has 1 heterocycles. The molecule has 2 aliphatic rings. The molecule has 3 rings (SSSR count). The second kappa shape index (κ2) is 9.83. The average Bonchev–Trinajstić information content (AvgIpc) is 2.67. The SMILES string of the molecule is Cc1ccc(N2CCN(CC[C@H]3CC[C@H](NC(=O)CC(F)(F)F)CC3)CC2)cc1. The van der Waals surface area contributed by atoms with Crippen molar-refractivity contribution in [3.8, 4) is 0 Å². The van der Waals surface area contributed by atoms with Gasteiger partial charge in [-0.2, -0.15) is 13.2 Å². The van der Waals surface area contributed by atoms with Crippen LogP contribution in [-0.4, -0.2) is 55.7 Å². The maximum absolute atomic E-state index is 12.3. The Kier molecular flexibility index (Phi) is 7.44. The van der Waals surface area contributed by atoms with Crippen LogP contribution < -0.4 is 10.2 Å². The Morgan fingerprint density at radius 1 is 1.03 bits per heavy atom. The highest BCUT2D eigenvalue weighted by molar-refractivity contribution is 5.76. The number of nitrogens with one attached hydrogen (secondary N) is 1. The molecule has 1 aliphatic heterocycles. The predicted octanol–water partition coefficient (Wildman–Crippen LogP) is 4.13. The number of hydrogen-bond acceptors (Lipinski definition) is 3. The normalized spacial score (nSPS) is 23.8. The summed E-state index contributed by atoms with van der Waals surface area (Å²) >= 11 is 0. The van der Waals surface area contributed by atoms with Crippen LogP contribution in [-0.2, 0) is 4.79 Å². The standard InChI is InChI=1S/C22H32F3N3O/c1-17-2-8-20(9-3-17)28-14-12-27(13-15-28)11-10-18-4-6-19(7-5-18)26-21(29)16-22(23,24)25/h2-3,8-9,18-19H,4-7,10-16H2,1H3,(H,26,29)/t18-,19-. The highest BCUT2D eigenvalue weighted by atomic mass is 19.4. The summed E-state index contributed by atoms with van der Waals surface area (Å²) in [6.07, 6.45) is -1.12. The smallest absolute Gasteiger partial charge is 0.369 e. The fraction of sp³-hybridized carbons (Fsp3) is 0.682. The van der Waals surface area contributed by atoms with Crippen LogP contribution >= 0.6 is 0 Å². The largest absolute Gasteiger partial charge is 0.397 e. The number of anilines is 1. The van der Waals surface area contributed by atoms with Gasteiger partial charge in [0.1, 0.15) is 6.42 Å². The Morgan fingerprint density at radius 2 is 1.66 bits per heavy atom. The van der Waals surface area contributed by atoms with Crippen LogP contribution in [0.4, 0.5) is 18.9 Å². The van der Waals surface area contributed by atoms with Crippen molar-refractivity contribution in [3.63, 3.8) is 0 Å². The van der Waals surface area contributed by atoms with Crippen LogP contribution in [0, 0.1) is 12.8 Å². The molecule has 29 heavy (non-hydrogen) atoms. The lowest BCUT2D eigenvalue weighted by Crippen LogP contribution is -2.47. The van der Waals surface area contributed by atoms with Crippen molar-refractivity contribution in [2.24, 2.45) is 5.92 Å². The maximum Gasteiger partial charge on any atom is 0.397 e. The van der Waals surface area contributed by atoms with E-state index in [9.17, 15) is 18.0 Å². The Hall–Kier alpha value is -1.76. The molecule has 0 aromatic heterocycles. The molecule has 0 atom stereocenters. The van der Waals surface area contributed by atoms with Gasteiger partial charge in [-0.3, -0.25) is 9.69 Å². The minimum absolute atomic E-state index is 0.0980. The molecule has 1 aliphatic carbocycles. The summed E-state index contributed by atoms with van der Waals surface area (Å²) in [5.41, 5.74) is 2.57. The van der Waals surface area contributed by atoms with E-state index in [4.69, 9.17) is 0 Å². The van der Waals surface area contributed by atoms with Gasteiger partial charge in [0.2, 0.25) is 5.91 Å². The van der Waals surface area contributed by atoms with Gasteiger partial charge in [0.05, 0.1) is 0 Å². The van der Waals surface area contributed by atoms with Gasteiger partial charge in [0.15, 0.2) is 0 Å². The van der Waals surface area contributed by atoms with Crippen molar-refractivity contribution in [3.05, 3.63) is 29.8 Å². The fourth-order valence-electron chi connectivity index (χ4n) is 4.41. The molecule has 1 amide bonds. The van der Waals surface area contributed by atoms with Crippen LogP contribution in [0.5, 0.6) is 0 Å². The van der Waals surface area contributed by atoms with Crippen molar-refractivity contribution in [2.45, 2.75) is 57.7 Å². The first-order chi connectivity index (χ1) is 13.8.